The summed E-state index contributed by atoms with van der Waals surface area (Å²) >= 11 is 1.15. The van der Waals surface area contributed by atoms with Crippen LogP contribution in [0, 0.1) is 12.3 Å². The van der Waals surface area contributed by atoms with Gasteiger partial charge in [0.15, 0.2) is 5.84 Å². The fourth-order valence-electron chi connectivity index (χ4n) is 3.95. The number of benzene rings is 2. The van der Waals surface area contributed by atoms with Crippen LogP contribution >= 0.6 is 11.8 Å². The molecule has 9 nitrogen and oxygen atoms in total. The second-order valence-corrected chi connectivity index (χ2v) is 9.57. The average molecular weight is 504 g/mol. The smallest absolute Gasteiger partial charge is 0.283 e. The predicted octanol–water partition coefficient (Wildman–Crippen LogP) is 3.44. The van der Waals surface area contributed by atoms with E-state index in [0.29, 0.717) is 48.9 Å². The first-order valence-electron chi connectivity index (χ1n) is 11.6. The van der Waals surface area contributed by atoms with Gasteiger partial charge < -0.3 is 14.4 Å². The highest BCUT2D eigenvalue weighted by Gasteiger charge is 2.36. The summed E-state index contributed by atoms with van der Waals surface area (Å²) in [6, 6.07) is 15.4. The molecule has 1 fully saturated rings. The van der Waals surface area contributed by atoms with Crippen molar-refractivity contribution in [3.63, 3.8) is 0 Å². The second kappa shape index (κ2) is 10.5. The van der Waals surface area contributed by atoms with E-state index in [0.717, 1.165) is 22.9 Å². The molecule has 0 spiro atoms. The molecular formula is C26H25N5O4S. The molecule has 0 aliphatic carbocycles. The minimum atomic E-state index is -0.505. The van der Waals surface area contributed by atoms with Crippen LogP contribution in [0.3, 0.4) is 0 Å². The highest BCUT2D eigenvalue weighted by molar-refractivity contribution is 8.27. The van der Waals surface area contributed by atoms with Crippen LogP contribution < -0.4 is 4.74 Å². The standard InChI is InChI=1S/C26H25N5O4S/c1-17-3-2-4-19(13-17)16-35-20-7-5-18(6-8-20)14-21-24(27)31-26(28-25(21)33)36-22(29-31)15-23(32)30-9-11-34-12-10-30/h2-8,13-14,27H,9-12,15-16H2,1H3/b21-14-,27-24?. The van der Waals surface area contributed by atoms with Crippen LogP contribution in [-0.2, 0) is 20.9 Å². The fourth-order valence-corrected chi connectivity index (χ4v) is 4.83. The Morgan fingerprint density at radius 2 is 1.97 bits per heavy atom. The van der Waals surface area contributed by atoms with Gasteiger partial charge in [0.25, 0.3) is 5.91 Å². The van der Waals surface area contributed by atoms with Gasteiger partial charge in [-0.25, -0.2) is 0 Å². The lowest BCUT2D eigenvalue weighted by Gasteiger charge is -2.26. The highest BCUT2D eigenvalue weighted by atomic mass is 32.2. The monoisotopic (exact) mass is 503 g/mol. The maximum Gasteiger partial charge on any atom is 0.283 e. The summed E-state index contributed by atoms with van der Waals surface area (Å²) in [5, 5.41) is 15.1. The summed E-state index contributed by atoms with van der Waals surface area (Å²) in [5.41, 5.74) is 3.15. The van der Waals surface area contributed by atoms with E-state index in [-0.39, 0.29) is 23.7 Å². The Morgan fingerprint density at radius 3 is 2.72 bits per heavy atom. The first kappa shape index (κ1) is 24.0. The fraction of sp³-hybridized carbons (Fsp3) is 0.269. The zero-order valence-electron chi connectivity index (χ0n) is 19.8. The number of aryl methyl sites for hydroxylation is 1. The quantitative estimate of drug-likeness (QED) is 0.605. The zero-order chi connectivity index (χ0) is 25.1. The van der Waals surface area contributed by atoms with Crippen molar-refractivity contribution in [3.05, 3.63) is 70.8 Å². The van der Waals surface area contributed by atoms with Crippen molar-refractivity contribution < 1.29 is 19.1 Å². The summed E-state index contributed by atoms with van der Waals surface area (Å²) in [7, 11) is 0. The van der Waals surface area contributed by atoms with Crippen LogP contribution in [0.4, 0.5) is 0 Å². The van der Waals surface area contributed by atoms with Crippen LogP contribution in [0.5, 0.6) is 5.75 Å². The van der Waals surface area contributed by atoms with E-state index in [1.54, 1.807) is 11.0 Å². The predicted molar refractivity (Wildman–Crippen MR) is 139 cm³/mol. The molecule has 0 saturated carbocycles. The van der Waals surface area contributed by atoms with Gasteiger partial charge in [-0.05, 0) is 48.0 Å². The Bertz CT molecular complexity index is 1300. The third-order valence-corrected chi connectivity index (χ3v) is 6.75. The zero-order valence-corrected chi connectivity index (χ0v) is 20.6. The molecule has 2 amide bonds. The average Bonchev–Trinajstić information content (AvgIpc) is 3.29. The van der Waals surface area contributed by atoms with Crippen LogP contribution in [-0.4, -0.2) is 64.1 Å². The SMILES string of the molecule is Cc1cccc(COc2ccc(/C=C3/C(=N)N4N=C(CC(=O)N5CCOCC5)SC4=NC3=O)cc2)c1. The molecular weight excluding hydrogens is 478 g/mol. The van der Waals surface area contributed by atoms with Gasteiger partial charge in [0.1, 0.15) is 17.4 Å². The van der Waals surface area contributed by atoms with E-state index in [9.17, 15) is 9.59 Å². The number of amides is 2. The van der Waals surface area contributed by atoms with Gasteiger partial charge >= 0.3 is 0 Å². The van der Waals surface area contributed by atoms with Gasteiger partial charge in [0.2, 0.25) is 11.1 Å². The number of fused-ring (bicyclic) bond motifs is 1. The molecule has 3 aliphatic rings. The number of thioether (sulfide) groups is 1. The Hall–Kier alpha value is -3.76. The van der Waals surface area contributed by atoms with Gasteiger partial charge in [-0.3, -0.25) is 15.0 Å². The molecule has 0 radical (unpaired) electrons. The molecule has 0 unspecified atom stereocenters. The van der Waals surface area contributed by atoms with Gasteiger partial charge in [-0.1, -0.05) is 42.0 Å². The third-order valence-electron chi connectivity index (χ3n) is 5.84. The number of nitrogens with one attached hydrogen (secondary N) is 1. The Balaban J connectivity index is 1.24. The van der Waals surface area contributed by atoms with Gasteiger partial charge in [0.05, 0.1) is 25.2 Å². The molecule has 2 aromatic rings. The maximum atomic E-state index is 12.7. The Labute approximate surface area is 213 Å². The molecule has 36 heavy (non-hydrogen) atoms. The van der Waals surface area contributed by atoms with Crippen LogP contribution in [0.15, 0.2) is 64.2 Å². The maximum absolute atomic E-state index is 12.7. The normalized spacial score (nSPS) is 18.8. The van der Waals surface area contributed by atoms with E-state index in [1.165, 1.54) is 10.6 Å². The first-order chi connectivity index (χ1) is 17.5. The number of aliphatic imine (C=N–C) groups is 1. The molecule has 10 heteroatoms. The van der Waals surface area contributed by atoms with Crippen LogP contribution in [0.25, 0.3) is 6.08 Å². The van der Waals surface area contributed by atoms with Crippen molar-refractivity contribution in [2.75, 3.05) is 26.3 Å². The third kappa shape index (κ3) is 5.39. The molecule has 1 saturated heterocycles. The van der Waals surface area contributed by atoms with Crippen molar-refractivity contribution in [1.29, 1.82) is 5.41 Å². The summed E-state index contributed by atoms with van der Waals surface area (Å²) in [4.78, 5) is 31.1. The Morgan fingerprint density at radius 1 is 1.19 bits per heavy atom. The number of morpholine rings is 1. The molecule has 0 bridgehead atoms. The number of hydrazone groups is 1. The lowest BCUT2D eigenvalue weighted by atomic mass is 10.1. The van der Waals surface area contributed by atoms with Crippen molar-refractivity contribution in [2.24, 2.45) is 10.1 Å². The van der Waals surface area contributed by atoms with E-state index >= 15 is 0 Å². The number of carbonyl (C=O) groups is 2. The van der Waals surface area contributed by atoms with Crippen molar-refractivity contribution in [2.45, 2.75) is 20.0 Å². The minimum Gasteiger partial charge on any atom is -0.489 e. The van der Waals surface area contributed by atoms with Gasteiger partial charge in [-0.2, -0.15) is 15.1 Å². The molecule has 1 N–H and O–H groups in total. The number of amidine groups is 2. The summed E-state index contributed by atoms with van der Waals surface area (Å²) < 4.78 is 11.1. The van der Waals surface area contributed by atoms with Crippen LogP contribution in [0.2, 0.25) is 0 Å². The van der Waals surface area contributed by atoms with Crippen molar-refractivity contribution in [3.8, 4) is 5.75 Å². The number of nitrogens with zero attached hydrogens (tertiary/aromatic N) is 4. The van der Waals surface area contributed by atoms with Gasteiger partial charge in [0, 0.05) is 13.1 Å². The number of ether oxygens (including phenoxy) is 2. The van der Waals surface area contributed by atoms with E-state index in [4.69, 9.17) is 14.9 Å². The second-order valence-electron chi connectivity index (χ2n) is 8.53. The summed E-state index contributed by atoms with van der Waals surface area (Å²) in [6.45, 7) is 4.66. The van der Waals surface area contributed by atoms with Crippen molar-refractivity contribution in [1.82, 2.24) is 9.91 Å². The molecule has 3 aliphatic heterocycles. The molecule has 5 rings (SSSR count). The van der Waals surface area contributed by atoms with E-state index in [2.05, 4.69) is 16.2 Å². The van der Waals surface area contributed by atoms with E-state index in [1.807, 2.05) is 49.4 Å². The van der Waals surface area contributed by atoms with Gasteiger partial charge in [-0.15, -0.1) is 0 Å². The molecule has 0 aromatic heterocycles. The lowest BCUT2D eigenvalue weighted by molar-refractivity contribution is -0.133. The summed E-state index contributed by atoms with van der Waals surface area (Å²) in [6.07, 6.45) is 1.72. The number of hydrogen-bond donors (Lipinski definition) is 1. The number of rotatable bonds is 6. The molecule has 184 valence electrons. The molecule has 2 aromatic carbocycles. The van der Waals surface area contributed by atoms with E-state index < -0.39 is 5.91 Å². The number of hydrogen-bond acceptors (Lipinski definition) is 7. The number of carbonyl (C=O) groups excluding carboxylic acids is 2. The lowest BCUT2D eigenvalue weighted by Crippen LogP contribution is -2.41. The first-order valence-corrected chi connectivity index (χ1v) is 12.4. The highest BCUT2D eigenvalue weighted by Crippen LogP contribution is 2.30. The Kier molecular flexibility index (Phi) is 6.97. The minimum absolute atomic E-state index is 0.0525. The molecule has 3 heterocycles. The largest absolute Gasteiger partial charge is 0.489 e. The topological polar surface area (TPSA) is 108 Å². The van der Waals surface area contributed by atoms with Crippen molar-refractivity contribution >= 4 is 45.7 Å². The summed E-state index contributed by atoms with van der Waals surface area (Å²) in [5.74, 6) is 0.0861. The molecule has 0 atom stereocenters. The van der Waals surface area contributed by atoms with Crippen LogP contribution in [0.1, 0.15) is 23.1 Å².